The molecule has 1 aromatic heterocycles. The summed E-state index contributed by atoms with van der Waals surface area (Å²) in [7, 11) is -17.5. The molecule has 0 aliphatic carbocycles. The molecule has 2 unspecified atom stereocenters. The minimum Gasteiger partial charge on any atom is -0.354 e. The molecule has 4 atom stereocenters. The summed E-state index contributed by atoms with van der Waals surface area (Å²) in [4.78, 5) is 61.6. The molecule has 172 valence electrons. The van der Waals surface area contributed by atoms with E-state index in [4.69, 9.17) is 19.4 Å². The summed E-state index contributed by atoms with van der Waals surface area (Å²) in [6, 6.07) is 0. The largest absolute Gasteiger partial charge is 0.419 e. The molecule has 0 amide bonds. The number of hydrogen-bond donors (Lipinski definition) is 6. The van der Waals surface area contributed by atoms with Gasteiger partial charge in [-0.05, 0) is 19.8 Å². The molecule has 14 nitrogen and oxygen atoms in total. The number of alkyl halides is 2. The molecular weight excluding hydrogens is 481 g/mol. The maximum atomic E-state index is 14.3. The molecule has 0 bridgehead atoms. The summed E-state index contributed by atoms with van der Waals surface area (Å²) in [6.45, 7) is 1.40. The molecule has 0 saturated carbocycles. The number of aryl methyl sites for hydroxylation is 1. The number of nitrogens with zero attached hydrogens (tertiary/aromatic N) is 1. The Morgan fingerprint density at radius 1 is 1.27 bits per heavy atom. The van der Waals surface area contributed by atoms with Crippen molar-refractivity contribution >= 4 is 23.1 Å². The van der Waals surface area contributed by atoms with Crippen LogP contribution >= 0.6 is 23.1 Å². The van der Waals surface area contributed by atoms with E-state index in [9.17, 15) is 37.0 Å². The topological polar surface area (TPSA) is 217 Å². The van der Waals surface area contributed by atoms with E-state index < -0.39 is 58.8 Å². The molecule has 30 heavy (non-hydrogen) atoms. The number of rotatable bonds is 8. The number of aromatic amines is 1. The van der Waals surface area contributed by atoms with Gasteiger partial charge in [0, 0.05) is 18.2 Å². The van der Waals surface area contributed by atoms with Crippen molar-refractivity contribution in [3.8, 4) is 0 Å². The Balaban J connectivity index is 2.12. The van der Waals surface area contributed by atoms with Crippen molar-refractivity contribution in [3.63, 3.8) is 0 Å². The Hall–Kier alpha value is -1.05. The van der Waals surface area contributed by atoms with Crippen LogP contribution in [0.25, 0.3) is 0 Å². The molecule has 1 aliphatic heterocycles. The van der Waals surface area contributed by atoms with E-state index in [1.165, 1.54) is 6.92 Å². The fraction of sp³-hybridized carbons (Fsp3) is 0.636. The monoisotopic (exact) mass is 499 g/mol. The van der Waals surface area contributed by atoms with Crippen LogP contribution in [-0.4, -0.2) is 40.9 Å². The number of ether oxygens (including phenoxy) is 1. The first-order chi connectivity index (χ1) is 13.4. The average molecular weight is 499 g/mol. The summed E-state index contributed by atoms with van der Waals surface area (Å²) in [6.07, 6.45) is -2.84. The van der Waals surface area contributed by atoms with E-state index in [1.54, 1.807) is 0 Å². The first-order valence-corrected chi connectivity index (χ1v) is 12.8. The molecular formula is C11H18F2N3O11P3. The van der Waals surface area contributed by atoms with Crippen molar-refractivity contribution in [2.24, 2.45) is 0 Å². The van der Waals surface area contributed by atoms with Crippen LogP contribution in [0.3, 0.4) is 0 Å². The molecule has 1 saturated heterocycles. The van der Waals surface area contributed by atoms with Crippen LogP contribution in [0.2, 0.25) is 0 Å². The molecule has 6 N–H and O–H groups in total. The summed E-state index contributed by atoms with van der Waals surface area (Å²) in [5, 5.41) is 0. The molecule has 0 spiro atoms. The van der Waals surface area contributed by atoms with Crippen LogP contribution in [0.15, 0.2) is 15.8 Å². The van der Waals surface area contributed by atoms with Gasteiger partial charge in [-0.1, -0.05) is 0 Å². The zero-order chi connectivity index (χ0) is 23.1. The van der Waals surface area contributed by atoms with E-state index in [2.05, 4.69) is 4.31 Å². The fourth-order valence-electron chi connectivity index (χ4n) is 2.62. The van der Waals surface area contributed by atoms with Crippen molar-refractivity contribution in [3.05, 3.63) is 32.6 Å². The highest BCUT2D eigenvalue weighted by molar-refractivity contribution is 7.72. The van der Waals surface area contributed by atoms with Gasteiger partial charge in [-0.3, -0.25) is 18.9 Å². The van der Waals surface area contributed by atoms with Gasteiger partial charge in [-0.25, -0.2) is 18.2 Å². The molecule has 2 heterocycles. The van der Waals surface area contributed by atoms with E-state index in [-0.39, 0.29) is 18.4 Å². The third-order valence-corrected chi connectivity index (χ3v) is 8.74. The summed E-state index contributed by atoms with van der Waals surface area (Å²) < 4.78 is 72.2. The SMILES string of the molecule is Cc1cn([C@H]2CC[C@@H](CC(F)(F)P(=O)(O)OP(=O)(O)NP(=O)(O)O)O2)c(=O)[nH]c1=O. The van der Waals surface area contributed by atoms with Gasteiger partial charge in [-0.2, -0.15) is 8.78 Å². The lowest BCUT2D eigenvalue weighted by Crippen LogP contribution is -2.33. The van der Waals surface area contributed by atoms with Gasteiger partial charge < -0.3 is 24.3 Å². The predicted octanol–water partition coefficient (Wildman–Crippen LogP) is 0.490. The first-order valence-electron chi connectivity index (χ1n) is 8.00. The Morgan fingerprint density at radius 3 is 2.43 bits per heavy atom. The highest BCUT2D eigenvalue weighted by atomic mass is 31.3. The molecule has 1 aromatic rings. The minimum absolute atomic E-state index is 0.0287. The summed E-state index contributed by atoms with van der Waals surface area (Å²) >= 11 is 0. The number of H-pyrrole nitrogens is 1. The minimum atomic E-state index is -6.22. The lowest BCUT2D eigenvalue weighted by atomic mass is 10.2. The second-order valence-corrected chi connectivity index (χ2v) is 11.7. The predicted molar refractivity (Wildman–Crippen MR) is 94.7 cm³/mol. The van der Waals surface area contributed by atoms with Crippen LogP contribution in [0, 0.1) is 6.92 Å². The fourth-order valence-corrected chi connectivity index (χ4v) is 6.53. The van der Waals surface area contributed by atoms with Crippen molar-refractivity contribution in [2.45, 2.75) is 44.2 Å². The Morgan fingerprint density at radius 2 is 1.87 bits per heavy atom. The summed E-state index contributed by atoms with van der Waals surface area (Å²) in [5.41, 5.74) is -6.00. The van der Waals surface area contributed by atoms with Gasteiger partial charge in [0.15, 0.2) is 0 Å². The number of aromatic nitrogens is 2. The first kappa shape index (κ1) is 25.2. The maximum Gasteiger partial charge on any atom is 0.419 e. The van der Waals surface area contributed by atoms with Crippen molar-refractivity contribution < 1.29 is 51.1 Å². The van der Waals surface area contributed by atoms with Crippen LogP contribution in [0.1, 0.15) is 31.1 Å². The maximum absolute atomic E-state index is 14.3. The van der Waals surface area contributed by atoms with E-state index in [1.807, 2.05) is 4.98 Å². The van der Waals surface area contributed by atoms with E-state index in [0.717, 1.165) is 10.8 Å². The van der Waals surface area contributed by atoms with Crippen LogP contribution < -0.4 is 16.1 Å². The van der Waals surface area contributed by atoms with Gasteiger partial charge in [0.2, 0.25) is 0 Å². The molecule has 2 rings (SSSR count). The van der Waals surface area contributed by atoms with Gasteiger partial charge in [0.05, 0.1) is 6.10 Å². The van der Waals surface area contributed by atoms with Gasteiger partial charge >= 0.3 is 34.4 Å². The third kappa shape index (κ3) is 6.24. The number of nitrogens with one attached hydrogen (secondary N) is 2. The zero-order valence-electron chi connectivity index (χ0n) is 15.0. The summed E-state index contributed by atoms with van der Waals surface area (Å²) in [5.74, 6) is 0. The van der Waals surface area contributed by atoms with Gasteiger partial charge in [0.1, 0.15) is 6.23 Å². The van der Waals surface area contributed by atoms with E-state index >= 15 is 0 Å². The second kappa shape index (κ2) is 8.47. The molecule has 0 radical (unpaired) electrons. The average Bonchev–Trinajstić information content (AvgIpc) is 2.94. The number of hydrogen-bond acceptors (Lipinski definition) is 7. The Bertz CT molecular complexity index is 1070. The highest BCUT2D eigenvalue weighted by Gasteiger charge is 2.57. The lowest BCUT2D eigenvalue weighted by molar-refractivity contribution is -0.0482. The zero-order valence-corrected chi connectivity index (χ0v) is 17.7. The van der Waals surface area contributed by atoms with Gasteiger partial charge in [0.25, 0.3) is 5.56 Å². The smallest absolute Gasteiger partial charge is 0.354 e. The molecule has 0 aromatic carbocycles. The quantitative estimate of drug-likeness (QED) is 0.269. The van der Waals surface area contributed by atoms with Crippen molar-refractivity contribution in [1.82, 2.24) is 14.4 Å². The van der Waals surface area contributed by atoms with Crippen molar-refractivity contribution in [2.75, 3.05) is 0 Å². The molecule has 1 fully saturated rings. The van der Waals surface area contributed by atoms with Crippen LogP contribution in [0.5, 0.6) is 0 Å². The van der Waals surface area contributed by atoms with Crippen LogP contribution in [0.4, 0.5) is 8.78 Å². The Kier molecular flexibility index (Phi) is 7.12. The number of halogens is 2. The highest BCUT2D eigenvalue weighted by Crippen LogP contribution is 2.69. The van der Waals surface area contributed by atoms with Crippen molar-refractivity contribution in [1.29, 1.82) is 0 Å². The standard InChI is InChI=1S/C11H18F2N3O11P3/c1-6-5-16(10(18)14-9(6)17)8-3-2-7(26-8)4-11(12,13)28(19,20)27-30(24,25)15-29(21,22)23/h5,7-8H,2-4H2,1H3,(H,19,20)(H,14,17,18)(H4,15,21,22,23,24,25)/t7-,8+/m0/s1. The Labute approximate surface area is 166 Å². The normalized spacial score (nSPS) is 24.4. The molecule has 1 aliphatic rings. The second-order valence-electron chi connectivity index (χ2n) is 6.41. The lowest BCUT2D eigenvalue weighted by Gasteiger charge is -2.26. The third-order valence-electron chi connectivity index (χ3n) is 3.91. The van der Waals surface area contributed by atoms with Crippen LogP contribution in [-0.2, 0) is 22.7 Å². The van der Waals surface area contributed by atoms with Gasteiger partial charge in [-0.15, -0.1) is 4.86 Å². The molecule has 19 heteroatoms. The van der Waals surface area contributed by atoms with E-state index in [0.29, 0.717) is 4.86 Å².